The minimum atomic E-state index is -0.459. The minimum Gasteiger partial charge on any atom is -0.488 e. The van der Waals surface area contributed by atoms with Gasteiger partial charge in [0.25, 0.3) is 0 Å². The molecule has 0 heterocycles. The molecule has 0 unspecified atom stereocenters. The zero-order valence-corrected chi connectivity index (χ0v) is 12.5. The molecular formula is C15H25FN2O2. The van der Waals surface area contributed by atoms with Gasteiger partial charge in [0.15, 0.2) is 11.6 Å². The Morgan fingerprint density at radius 1 is 1.35 bits per heavy atom. The molecule has 0 saturated carbocycles. The maximum absolute atomic E-state index is 13.8. The number of unbranched alkanes of at least 4 members (excludes halogenated alkanes) is 1. The highest BCUT2D eigenvalue weighted by atomic mass is 19.1. The second-order valence-corrected chi connectivity index (χ2v) is 5.07. The van der Waals surface area contributed by atoms with Crippen LogP contribution in [0.1, 0.15) is 33.6 Å². The number of halogens is 1. The molecule has 20 heavy (non-hydrogen) atoms. The van der Waals surface area contributed by atoms with Crippen LogP contribution in [-0.4, -0.2) is 30.9 Å². The first-order valence-corrected chi connectivity index (χ1v) is 7.11. The highest BCUT2D eigenvalue weighted by Gasteiger charge is 2.15. The minimum absolute atomic E-state index is 0.0287. The Morgan fingerprint density at radius 2 is 2.05 bits per heavy atom. The Labute approximate surface area is 120 Å². The Morgan fingerprint density at radius 3 is 2.60 bits per heavy atom. The Balaban J connectivity index is 3.05. The lowest BCUT2D eigenvalue weighted by atomic mass is 10.2. The number of ether oxygens (including phenoxy) is 1. The first kappa shape index (κ1) is 16.6. The lowest BCUT2D eigenvalue weighted by Gasteiger charge is -2.26. The average molecular weight is 284 g/mol. The third kappa shape index (κ3) is 4.56. The number of aliphatic hydroxyl groups excluding tert-OH is 1. The van der Waals surface area contributed by atoms with Gasteiger partial charge < -0.3 is 20.5 Å². The molecule has 1 rings (SSSR count). The van der Waals surface area contributed by atoms with E-state index in [2.05, 4.69) is 6.92 Å². The van der Waals surface area contributed by atoms with Gasteiger partial charge in [-0.2, -0.15) is 0 Å². The molecular weight excluding hydrogens is 259 g/mol. The van der Waals surface area contributed by atoms with Crippen molar-refractivity contribution < 1.29 is 14.2 Å². The van der Waals surface area contributed by atoms with Gasteiger partial charge in [-0.25, -0.2) is 4.39 Å². The van der Waals surface area contributed by atoms with Gasteiger partial charge in [0.2, 0.25) is 0 Å². The fraction of sp³-hybridized carbons (Fsp3) is 0.600. The summed E-state index contributed by atoms with van der Waals surface area (Å²) in [5, 5.41) is 9.17. The lowest BCUT2D eigenvalue weighted by molar-refractivity contribution is 0.231. The molecule has 0 fully saturated rings. The highest BCUT2D eigenvalue weighted by Crippen LogP contribution is 2.31. The molecule has 0 saturated heterocycles. The number of nitrogens with two attached hydrogens (primary N) is 1. The molecule has 0 aliphatic heterocycles. The molecule has 0 atom stereocenters. The third-order valence-electron chi connectivity index (χ3n) is 2.94. The number of rotatable bonds is 8. The van der Waals surface area contributed by atoms with Gasteiger partial charge in [-0.05, 0) is 20.3 Å². The van der Waals surface area contributed by atoms with E-state index in [-0.39, 0.29) is 18.5 Å². The average Bonchev–Trinajstić information content (AvgIpc) is 2.37. The molecule has 0 spiro atoms. The normalized spacial score (nSPS) is 10.9. The van der Waals surface area contributed by atoms with E-state index in [0.29, 0.717) is 17.9 Å². The van der Waals surface area contributed by atoms with E-state index in [1.807, 2.05) is 18.7 Å². The maximum atomic E-state index is 13.8. The lowest BCUT2D eigenvalue weighted by Crippen LogP contribution is -2.28. The molecule has 0 aliphatic carbocycles. The number of hydrogen-bond acceptors (Lipinski definition) is 4. The van der Waals surface area contributed by atoms with Crippen molar-refractivity contribution in [2.24, 2.45) is 0 Å². The SMILES string of the molecule is CCCCN(CCO)c1cc(OC(C)C)c(F)cc1N. The molecule has 5 heteroatoms. The molecule has 0 amide bonds. The molecule has 0 aliphatic rings. The molecule has 0 bridgehead atoms. The Bertz CT molecular complexity index is 425. The van der Waals surface area contributed by atoms with Crippen molar-refractivity contribution in [1.82, 2.24) is 0 Å². The van der Waals surface area contributed by atoms with Gasteiger partial charge in [0.05, 0.1) is 24.1 Å². The van der Waals surface area contributed by atoms with E-state index in [9.17, 15) is 4.39 Å². The van der Waals surface area contributed by atoms with Gasteiger partial charge in [0, 0.05) is 25.2 Å². The Hall–Kier alpha value is -1.49. The maximum Gasteiger partial charge on any atom is 0.167 e. The van der Waals surface area contributed by atoms with Crippen molar-refractivity contribution in [1.29, 1.82) is 0 Å². The summed E-state index contributed by atoms with van der Waals surface area (Å²) in [6.07, 6.45) is 1.91. The van der Waals surface area contributed by atoms with E-state index in [4.69, 9.17) is 15.6 Å². The number of anilines is 2. The first-order chi connectivity index (χ1) is 9.49. The van der Waals surface area contributed by atoms with E-state index in [0.717, 1.165) is 19.4 Å². The number of hydrogen-bond donors (Lipinski definition) is 2. The number of nitrogen functional groups attached to an aromatic ring is 1. The number of aliphatic hydroxyl groups is 1. The van der Waals surface area contributed by atoms with E-state index in [1.54, 1.807) is 6.07 Å². The topological polar surface area (TPSA) is 58.7 Å². The second kappa shape index (κ2) is 7.94. The molecule has 1 aromatic carbocycles. The van der Waals surface area contributed by atoms with Crippen molar-refractivity contribution >= 4 is 11.4 Å². The van der Waals surface area contributed by atoms with Gasteiger partial charge in [-0.3, -0.25) is 0 Å². The summed E-state index contributed by atoms with van der Waals surface area (Å²) in [5.41, 5.74) is 6.98. The number of benzene rings is 1. The molecule has 1 aromatic rings. The largest absolute Gasteiger partial charge is 0.488 e. The molecule has 0 aromatic heterocycles. The van der Waals surface area contributed by atoms with Crippen LogP contribution in [0.15, 0.2) is 12.1 Å². The summed E-state index contributed by atoms with van der Waals surface area (Å²) in [4.78, 5) is 1.96. The summed E-state index contributed by atoms with van der Waals surface area (Å²) < 4.78 is 19.3. The van der Waals surface area contributed by atoms with Crippen molar-refractivity contribution in [3.05, 3.63) is 17.9 Å². The van der Waals surface area contributed by atoms with Crippen LogP contribution in [0.4, 0.5) is 15.8 Å². The Kier molecular flexibility index (Phi) is 6.58. The van der Waals surface area contributed by atoms with Crippen molar-refractivity contribution in [3.8, 4) is 5.75 Å². The van der Waals surface area contributed by atoms with Crippen molar-refractivity contribution in [2.45, 2.75) is 39.7 Å². The number of nitrogens with zero attached hydrogens (tertiary/aromatic N) is 1. The third-order valence-corrected chi connectivity index (χ3v) is 2.94. The summed E-state index contributed by atoms with van der Waals surface area (Å²) in [6.45, 7) is 7.06. The standard InChI is InChI=1S/C15H25FN2O2/c1-4-5-6-18(7-8-19)14-10-15(20-11(2)3)12(16)9-13(14)17/h9-11,19H,4-8,17H2,1-3H3. The zero-order chi connectivity index (χ0) is 15.1. The van der Waals surface area contributed by atoms with E-state index in [1.165, 1.54) is 6.07 Å². The molecule has 3 N–H and O–H groups in total. The highest BCUT2D eigenvalue weighted by molar-refractivity contribution is 5.70. The van der Waals surface area contributed by atoms with Crippen LogP contribution >= 0.6 is 0 Å². The van der Waals surface area contributed by atoms with Crippen molar-refractivity contribution in [2.75, 3.05) is 30.3 Å². The summed E-state index contributed by atoms with van der Waals surface area (Å²) >= 11 is 0. The zero-order valence-electron chi connectivity index (χ0n) is 12.5. The fourth-order valence-corrected chi connectivity index (χ4v) is 2.00. The van der Waals surface area contributed by atoms with Gasteiger partial charge in [-0.15, -0.1) is 0 Å². The van der Waals surface area contributed by atoms with E-state index >= 15 is 0 Å². The van der Waals surface area contributed by atoms with Crippen LogP contribution < -0.4 is 15.4 Å². The predicted octanol–water partition coefficient (Wildman–Crippen LogP) is 2.79. The second-order valence-electron chi connectivity index (χ2n) is 5.07. The summed E-state index contributed by atoms with van der Waals surface area (Å²) in [6, 6.07) is 2.90. The van der Waals surface area contributed by atoms with Crippen LogP contribution in [0.5, 0.6) is 5.75 Å². The van der Waals surface area contributed by atoms with Crippen LogP contribution in [0.2, 0.25) is 0 Å². The smallest absolute Gasteiger partial charge is 0.167 e. The first-order valence-electron chi connectivity index (χ1n) is 7.11. The summed E-state index contributed by atoms with van der Waals surface area (Å²) in [7, 11) is 0. The molecule has 0 radical (unpaired) electrons. The summed E-state index contributed by atoms with van der Waals surface area (Å²) in [5.74, 6) is -0.261. The monoisotopic (exact) mass is 284 g/mol. The molecule has 114 valence electrons. The quantitative estimate of drug-likeness (QED) is 0.721. The van der Waals surface area contributed by atoms with Crippen LogP contribution in [0.3, 0.4) is 0 Å². The molecule has 4 nitrogen and oxygen atoms in total. The van der Waals surface area contributed by atoms with Crippen LogP contribution in [-0.2, 0) is 0 Å². The van der Waals surface area contributed by atoms with Gasteiger partial charge in [0.1, 0.15) is 0 Å². The van der Waals surface area contributed by atoms with Crippen molar-refractivity contribution in [3.63, 3.8) is 0 Å². The van der Waals surface area contributed by atoms with E-state index < -0.39 is 5.82 Å². The van der Waals surface area contributed by atoms with Crippen LogP contribution in [0.25, 0.3) is 0 Å². The van der Waals surface area contributed by atoms with Gasteiger partial charge in [-0.1, -0.05) is 13.3 Å². The van der Waals surface area contributed by atoms with Gasteiger partial charge >= 0.3 is 0 Å². The predicted molar refractivity (Wildman–Crippen MR) is 80.8 cm³/mol. The fourth-order valence-electron chi connectivity index (χ4n) is 2.00. The van der Waals surface area contributed by atoms with Crippen LogP contribution in [0, 0.1) is 5.82 Å².